The fourth-order valence-corrected chi connectivity index (χ4v) is 3.25. The highest BCUT2D eigenvalue weighted by Crippen LogP contribution is 2.27. The van der Waals surface area contributed by atoms with Crippen molar-refractivity contribution >= 4 is 0 Å². The third-order valence-electron chi connectivity index (χ3n) is 4.61. The number of ether oxygens (including phenoxy) is 2. The van der Waals surface area contributed by atoms with Crippen LogP contribution < -0.4 is 0 Å². The van der Waals surface area contributed by atoms with Gasteiger partial charge in [-0.3, -0.25) is 0 Å². The van der Waals surface area contributed by atoms with E-state index in [2.05, 4.69) is 0 Å². The van der Waals surface area contributed by atoms with E-state index in [4.69, 9.17) is 14.6 Å². The molecule has 6 heteroatoms. The van der Waals surface area contributed by atoms with Crippen molar-refractivity contribution in [3.8, 4) is 0 Å². The van der Waals surface area contributed by atoms with E-state index in [1.54, 1.807) is 0 Å². The third-order valence-corrected chi connectivity index (χ3v) is 4.61. The molecule has 0 amide bonds. The van der Waals surface area contributed by atoms with Crippen molar-refractivity contribution in [1.29, 1.82) is 0 Å². The van der Waals surface area contributed by atoms with Crippen molar-refractivity contribution < 1.29 is 29.9 Å². The summed E-state index contributed by atoms with van der Waals surface area (Å²) in [6.45, 7) is 0.0199. The molecule has 1 aliphatic heterocycles. The first-order chi connectivity index (χ1) is 10.1. The van der Waals surface area contributed by atoms with Crippen molar-refractivity contribution in [3.05, 3.63) is 0 Å². The molecule has 1 saturated heterocycles. The second-order valence-electron chi connectivity index (χ2n) is 6.21. The van der Waals surface area contributed by atoms with E-state index < -0.39 is 37.3 Å². The van der Waals surface area contributed by atoms with Gasteiger partial charge in [0.15, 0.2) is 6.29 Å². The molecule has 0 aromatic carbocycles. The van der Waals surface area contributed by atoms with Crippen LogP contribution in [0.5, 0.6) is 0 Å². The summed E-state index contributed by atoms with van der Waals surface area (Å²) in [6, 6.07) is 0. The molecule has 6 nitrogen and oxygen atoms in total. The summed E-state index contributed by atoms with van der Waals surface area (Å²) in [4.78, 5) is 0. The molecule has 1 saturated carbocycles. The Balaban J connectivity index is 1.69. The van der Waals surface area contributed by atoms with Gasteiger partial charge in [-0.25, -0.2) is 0 Å². The van der Waals surface area contributed by atoms with Gasteiger partial charge in [-0.15, -0.1) is 0 Å². The fourth-order valence-electron chi connectivity index (χ4n) is 3.25. The van der Waals surface area contributed by atoms with E-state index in [1.165, 1.54) is 32.1 Å². The lowest BCUT2D eigenvalue weighted by molar-refractivity contribution is -0.301. The minimum atomic E-state index is -1.36. The SMILES string of the molecule is OCC1O[C@@H](OCCCC2CCCCC2)C(O)[C@@H](O)[C@@H]1O. The molecule has 4 N–H and O–H groups in total. The number of aliphatic hydroxyl groups excluding tert-OH is 4. The lowest BCUT2D eigenvalue weighted by Gasteiger charge is -2.39. The Labute approximate surface area is 125 Å². The Hall–Kier alpha value is -0.240. The molecule has 0 aromatic rings. The molecule has 0 aromatic heterocycles. The molecule has 21 heavy (non-hydrogen) atoms. The van der Waals surface area contributed by atoms with Gasteiger partial charge in [-0.05, 0) is 18.8 Å². The fraction of sp³-hybridized carbons (Fsp3) is 1.00. The lowest BCUT2D eigenvalue weighted by atomic mass is 9.86. The first-order valence-corrected chi connectivity index (χ1v) is 8.05. The second kappa shape index (κ2) is 8.41. The van der Waals surface area contributed by atoms with Crippen LogP contribution in [0.2, 0.25) is 0 Å². The average molecular weight is 304 g/mol. The van der Waals surface area contributed by atoms with Crippen molar-refractivity contribution in [1.82, 2.24) is 0 Å². The summed E-state index contributed by atoms with van der Waals surface area (Å²) < 4.78 is 10.8. The van der Waals surface area contributed by atoms with Crippen LogP contribution in [0, 0.1) is 5.92 Å². The van der Waals surface area contributed by atoms with Gasteiger partial charge in [0.05, 0.1) is 6.61 Å². The summed E-state index contributed by atoms with van der Waals surface area (Å²) in [5, 5.41) is 38.2. The zero-order valence-electron chi connectivity index (χ0n) is 12.4. The van der Waals surface area contributed by atoms with Crippen molar-refractivity contribution in [2.24, 2.45) is 5.92 Å². The highest BCUT2D eigenvalue weighted by atomic mass is 16.7. The van der Waals surface area contributed by atoms with Crippen LogP contribution >= 0.6 is 0 Å². The number of hydrogen-bond donors (Lipinski definition) is 4. The maximum Gasteiger partial charge on any atom is 0.186 e. The minimum absolute atomic E-state index is 0.424. The van der Waals surface area contributed by atoms with Gasteiger partial charge >= 0.3 is 0 Å². The highest BCUT2D eigenvalue weighted by Gasteiger charge is 2.43. The topological polar surface area (TPSA) is 99.4 Å². The maximum absolute atomic E-state index is 9.83. The zero-order valence-corrected chi connectivity index (χ0v) is 12.4. The van der Waals surface area contributed by atoms with Gasteiger partial charge < -0.3 is 29.9 Å². The lowest BCUT2D eigenvalue weighted by Crippen LogP contribution is -2.59. The van der Waals surface area contributed by atoms with Crippen LogP contribution in [0.3, 0.4) is 0 Å². The van der Waals surface area contributed by atoms with Gasteiger partial charge in [0.1, 0.15) is 24.4 Å². The molecule has 0 bridgehead atoms. The van der Waals surface area contributed by atoms with E-state index in [0.717, 1.165) is 18.8 Å². The predicted molar refractivity (Wildman–Crippen MR) is 75.5 cm³/mol. The van der Waals surface area contributed by atoms with E-state index in [-0.39, 0.29) is 0 Å². The summed E-state index contributed by atoms with van der Waals surface area (Å²) in [7, 11) is 0. The predicted octanol–water partition coefficient (Wildman–Crippen LogP) is 0.163. The van der Waals surface area contributed by atoms with Crippen molar-refractivity contribution in [3.63, 3.8) is 0 Å². The Morgan fingerprint density at radius 1 is 0.952 bits per heavy atom. The van der Waals surface area contributed by atoms with E-state index in [9.17, 15) is 15.3 Å². The van der Waals surface area contributed by atoms with Crippen LogP contribution in [-0.4, -0.2) is 64.3 Å². The molecule has 1 aliphatic carbocycles. The molecule has 2 rings (SSSR count). The molecule has 0 spiro atoms. The first kappa shape index (κ1) is 17.1. The second-order valence-corrected chi connectivity index (χ2v) is 6.21. The van der Waals surface area contributed by atoms with Gasteiger partial charge in [-0.1, -0.05) is 32.1 Å². The third kappa shape index (κ3) is 4.61. The van der Waals surface area contributed by atoms with Crippen molar-refractivity contribution in [2.45, 2.75) is 75.7 Å². The maximum atomic E-state index is 9.83. The number of aliphatic hydroxyl groups is 4. The Morgan fingerprint density at radius 3 is 2.33 bits per heavy atom. The standard InChI is InChI=1S/C15H28O6/c16-9-11-12(17)13(18)14(19)15(21-11)20-8-4-7-10-5-2-1-3-6-10/h10-19H,1-9H2/t11?,12-,13+,14?,15-/m1/s1. The van der Waals surface area contributed by atoms with Crippen LogP contribution in [0.15, 0.2) is 0 Å². The monoisotopic (exact) mass is 304 g/mol. The van der Waals surface area contributed by atoms with Crippen LogP contribution in [-0.2, 0) is 9.47 Å². The number of rotatable bonds is 6. The first-order valence-electron chi connectivity index (χ1n) is 8.05. The van der Waals surface area contributed by atoms with Crippen LogP contribution in [0.1, 0.15) is 44.9 Å². The van der Waals surface area contributed by atoms with Crippen LogP contribution in [0.4, 0.5) is 0 Å². The number of hydrogen-bond acceptors (Lipinski definition) is 6. The molecular formula is C15H28O6. The van der Waals surface area contributed by atoms with Gasteiger partial charge in [0.25, 0.3) is 0 Å². The molecule has 2 unspecified atom stereocenters. The van der Waals surface area contributed by atoms with Gasteiger partial charge in [0.2, 0.25) is 0 Å². The van der Waals surface area contributed by atoms with E-state index in [1.807, 2.05) is 0 Å². The quantitative estimate of drug-likeness (QED) is 0.522. The molecule has 2 aliphatic rings. The molecule has 1 heterocycles. The molecule has 124 valence electrons. The Morgan fingerprint density at radius 2 is 1.67 bits per heavy atom. The molecular weight excluding hydrogens is 276 g/mol. The van der Waals surface area contributed by atoms with E-state index in [0.29, 0.717) is 6.61 Å². The van der Waals surface area contributed by atoms with Crippen LogP contribution in [0.25, 0.3) is 0 Å². The largest absolute Gasteiger partial charge is 0.394 e. The van der Waals surface area contributed by atoms with E-state index >= 15 is 0 Å². The van der Waals surface area contributed by atoms with Gasteiger partial charge in [-0.2, -0.15) is 0 Å². The Bertz CT molecular complexity index is 292. The summed E-state index contributed by atoms with van der Waals surface area (Å²) in [6.07, 6.45) is 2.69. The zero-order chi connectivity index (χ0) is 15.2. The molecule has 2 fully saturated rings. The Kier molecular flexibility index (Phi) is 6.85. The summed E-state index contributed by atoms with van der Waals surface area (Å²) >= 11 is 0. The highest BCUT2D eigenvalue weighted by molar-refractivity contribution is 4.88. The minimum Gasteiger partial charge on any atom is -0.394 e. The average Bonchev–Trinajstić information content (AvgIpc) is 2.52. The smallest absolute Gasteiger partial charge is 0.186 e. The molecule has 0 radical (unpaired) electrons. The summed E-state index contributed by atoms with van der Waals surface area (Å²) in [5.41, 5.74) is 0. The van der Waals surface area contributed by atoms with Gasteiger partial charge in [0, 0.05) is 6.61 Å². The summed E-state index contributed by atoms with van der Waals surface area (Å²) in [5.74, 6) is 0.775. The molecule has 5 atom stereocenters. The van der Waals surface area contributed by atoms with Crippen molar-refractivity contribution in [2.75, 3.05) is 13.2 Å². The normalized spacial score (nSPS) is 38.6.